The number of hydrogen-bond acceptors (Lipinski definition) is 10. The van der Waals surface area contributed by atoms with Gasteiger partial charge in [0.1, 0.15) is 0 Å². The number of carbonyl (C=O) groups is 3. The third-order valence-electron chi connectivity index (χ3n) is 7.67. The van der Waals surface area contributed by atoms with E-state index in [9.17, 15) is 24.4 Å². The van der Waals surface area contributed by atoms with Crippen molar-refractivity contribution in [3.8, 4) is 33.0 Å². The Hall–Kier alpha value is -5.96. The number of aromatic nitrogens is 3. The number of aryl methyl sites for hydroxylation is 1. The Kier molecular flexibility index (Phi) is 8.71. The smallest absolute Gasteiger partial charge is 0.258 e. The van der Waals surface area contributed by atoms with Crippen LogP contribution in [-0.2, 0) is 16.6 Å². The maximum absolute atomic E-state index is 13.3. The van der Waals surface area contributed by atoms with E-state index in [1.54, 1.807) is 49.8 Å². The van der Waals surface area contributed by atoms with Gasteiger partial charge < -0.3 is 15.2 Å². The summed E-state index contributed by atoms with van der Waals surface area (Å²) in [5.74, 6) is -2.33. The van der Waals surface area contributed by atoms with Crippen LogP contribution in [-0.4, -0.2) is 38.8 Å². The molecule has 0 bridgehead atoms. The van der Waals surface area contributed by atoms with Crippen molar-refractivity contribution in [3.05, 3.63) is 106 Å². The second-order valence-electron chi connectivity index (χ2n) is 10.7. The van der Waals surface area contributed by atoms with Crippen LogP contribution in [0.1, 0.15) is 39.4 Å². The average Bonchev–Trinajstić information content (AvgIpc) is 3.76. The van der Waals surface area contributed by atoms with Crippen LogP contribution in [0.4, 0.5) is 10.3 Å². The minimum atomic E-state index is -0.753. The second-order valence-corrected chi connectivity index (χ2v) is 12.8. The fourth-order valence-electron chi connectivity index (χ4n) is 5.14. The number of benzene rings is 2. The number of piperidine rings is 1. The van der Waals surface area contributed by atoms with Gasteiger partial charge in [0.2, 0.25) is 17.4 Å². The summed E-state index contributed by atoms with van der Waals surface area (Å²) in [5, 5.41) is 28.1. The molecule has 14 heteroatoms. The van der Waals surface area contributed by atoms with Gasteiger partial charge in [0.25, 0.3) is 5.91 Å². The van der Waals surface area contributed by atoms with Crippen LogP contribution >= 0.6 is 22.7 Å². The lowest BCUT2D eigenvalue weighted by Gasteiger charge is -2.29. The van der Waals surface area contributed by atoms with Gasteiger partial charge in [0.15, 0.2) is 10.3 Å². The largest absolute Gasteiger partial charge is 0.355 e. The molecular formula is C33H24N8O4S2. The molecule has 3 amide bonds. The highest BCUT2D eigenvalue weighted by atomic mass is 32.1. The van der Waals surface area contributed by atoms with Gasteiger partial charge in [0.05, 0.1) is 50.4 Å². The van der Waals surface area contributed by atoms with E-state index in [-0.39, 0.29) is 30.3 Å². The number of carbonyl (C=O) groups excluding carboxylic acids is 3. The molecule has 47 heavy (non-hydrogen) atoms. The first-order valence-electron chi connectivity index (χ1n) is 14.3. The lowest BCUT2D eigenvalue weighted by Crippen LogP contribution is -2.44. The van der Waals surface area contributed by atoms with Gasteiger partial charge in [-0.3, -0.25) is 24.5 Å². The number of nitrogens with zero attached hydrogens (tertiary/aromatic N) is 5. The maximum atomic E-state index is 13.3. The summed E-state index contributed by atoms with van der Waals surface area (Å²) in [7, 11) is 1.56. The number of hydrogen-bond donors (Lipinski definition) is 3. The summed E-state index contributed by atoms with van der Waals surface area (Å²) in [5.41, 5.74) is 2.98. The molecule has 6 rings (SSSR count). The highest BCUT2D eigenvalue weighted by Crippen LogP contribution is 2.36. The molecule has 0 radical (unpaired) electrons. The molecule has 12 nitrogen and oxygen atoms in total. The van der Waals surface area contributed by atoms with Crippen molar-refractivity contribution in [1.29, 1.82) is 10.5 Å². The SMILES string of the molecule is Cn1cc(C(=O)Nc2ncc(-c3ccc(C#N)c(C4CC(C(=O)Nc5ncc(-c6ccc(C#N)cc6)s5)CNC4=O)c3)s2)ccc1=O. The summed E-state index contributed by atoms with van der Waals surface area (Å²) in [6.07, 6.45) is 4.86. The van der Waals surface area contributed by atoms with Crippen molar-refractivity contribution >= 4 is 50.7 Å². The van der Waals surface area contributed by atoms with Gasteiger partial charge in [-0.25, -0.2) is 9.97 Å². The molecule has 1 aliphatic rings. The van der Waals surface area contributed by atoms with Gasteiger partial charge in [0, 0.05) is 38.2 Å². The zero-order chi connectivity index (χ0) is 33.1. The number of rotatable bonds is 7. The van der Waals surface area contributed by atoms with Crippen molar-refractivity contribution in [3.63, 3.8) is 0 Å². The Labute approximate surface area is 276 Å². The average molecular weight is 661 g/mol. The fraction of sp³-hybridized carbons (Fsp3) is 0.152. The molecule has 1 saturated heterocycles. The molecule has 0 spiro atoms. The molecule has 1 fully saturated rings. The van der Waals surface area contributed by atoms with Gasteiger partial charge in [-0.1, -0.05) is 40.9 Å². The summed E-state index contributed by atoms with van der Waals surface area (Å²) in [4.78, 5) is 60.9. The Balaban J connectivity index is 1.17. The van der Waals surface area contributed by atoms with Crippen LogP contribution in [0.2, 0.25) is 0 Å². The third kappa shape index (κ3) is 6.69. The minimum Gasteiger partial charge on any atom is -0.355 e. The predicted molar refractivity (Wildman–Crippen MR) is 177 cm³/mol. The summed E-state index contributed by atoms with van der Waals surface area (Å²) in [6.45, 7) is 0.143. The highest BCUT2D eigenvalue weighted by Gasteiger charge is 2.35. The molecule has 232 valence electrons. The normalized spacial score (nSPS) is 15.6. The fourth-order valence-corrected chi connectivity index (χ4v) is 6.77. The Morgan fingerprint density at radius 2 is 1.60 bits per heavy atom. The van der Waals surface area contributed by atoms with Crippen LogP contribution in [0.5, 0.6) is 0 Å². The maximum Gasteiger partial charge on any atom is 0.258 e. The Morgan fingerprint density at radius 3 is 2.28 bits per heavy atom. The van der Waals surface area contributed by atoms with Crippen LogP contribution < -0.4 is 21.5 Å². The number of pyridine rings is 1. The zero-order valence-corrected chi connectivity index (χ0v) is 26.3. The molecule has 0 saturated carbocycles. The van der Waals surface area contributed by atoms with E-state index >= 15 is 0 Å². The first-order chi connectivity index (χ1) is 22.7. The molecule has 2 atom stereocenters. The summed E-state index contributed by atoms with van der Waals surface area (Å²) < 4.78 is 1.31. The molecule has 3 aromatic heterocycles. The molecular weight excluding hydrogens is 637 g/mol. The number of amides is 3. The topological polar surface area (TPSA) is 183 Å². The van der Waals surface area contributed by atoms with Gasteiger partial charge in [-0.2, -0.15) is 10.5 Å². The molecule has 2 unspecified atom stereocenters. The monoisotopic (exact) mass is 660 g/mol. The standard InChI is InChI=1S/C33H24N8O4S2/c1-41-17-22(8-9-28(41)42)29(43)39-32-38-16-27(47-32)20-6-7-21(13-35)24(10-20)25-11-23(14-36-31(25)45)30(44)40-33-37-15-26(46-33)19-4-2-18(12-34)3-5-19/h2-10,15-17,23,25H,11,14H2,1H3,(H,36,45)(H,37,40,44)(H,38,39,43). The van der Waals surface area contributed by atoms with Crippen LogP contribution in [0.25, 0.3) is 20.9 Å². The van der Waals surface area contributed by atoms with Gasteiger partial charge in [-0.05, 0) is 53.4 Å². The lowest BCUT2D eigenvalue weighted by atomic mass is 9.82. The van der Waals surface area contributed by atoms with Crippen molar-refractivity contribution in [2.75, 3.05) is 17.2 Å². The Bertz CT molecular complexity index is 2170. The zero-order valence-electron chi connectivity index (χ0n) is 24.7. The first kappa shape index (κ1) is 31.0. The van der Waals surface area contributed by atoms with Crippen LogP contribution in [0.3, 0.4) is 0 Å². The summed E-state index contributed by atoms with van der Waals surface area (Å²) >= 11 is 2.52. The van der Waals surface area contributed by atoms with E-state index in [0.29, 0.717) is 43.0 Å². The number of anilines is 2. The molecule has 3 N–H and O–H groups in total. The quantitative estimate of drug-likeness (QED) is 0.228. The van der Waals surface area contributed by atoms with Crippen molar-refractivity contribution in [2.24, 2.45) is 13.0 Å². The minimum absolute atomic E-state index is 0.143. The van der Waals surface area contributed by atoms with Crippen molar-refractivity contribution < 1.29 is 14.4 Å². The van der Waals surface area contributed by atoms with Crippen LogP contribution in [0, 0.1) is 28.6 Å². The molecule has 4 heterocycles. The van der Waals surface area contributed by atoms with E-state index in [2.05, 4.69) is 38.1 Å². The number of nitriles is 2. The second kappa shape index (κ2) is 13.2. The molecule has 0 aliphatic carbocycles. The number of thiazole rings is 2. The number of nitrogens with one attached hydrogen (secondary N) is 3. The van der Waals surface area contributed by atoms with Crippen molar-refractivity contribution in [2.45, 2.75) is 12.3 Å². The highest BCUT2D eigenvalue weighted by molar-refractivity contribution is 7.19. The van der Waals surface area contributed by atoms with Crippen molar-refractivity contribution in [1.82, 2.24) is 19.9 Å². The Morgan fingerprint density at radius 1 is 0.915 bits per heavy atom. The molecule has 2 aromatic carbocycles. The predicted octanol–water partition coefficient (Wildman–Crippen LogP) is 4.49. The van der Waals surface area contributed by atoms with Gasteiger partial charge in [-0.15, -0.1) is 0 Å². The molecule has 1 aliphatic heterocycles. The van der Waals surface area contributed by atoms with E-state index in [1.807, 2.05) is 12.1 Å². The first-order valence-corrected chi connectivity index (χ1v) is 15.9. The summed E-state index contributed by atoms with van der Waals surface area (Å²) in [6, 6.07) is 19.2. The van der Waals surface area contributed by atoms with E-state index in [0.717, 1.165) is 10.4 Å². The molecule has 5 aromatic rings. The van der Waals surface area contributed by atoms with E-state index in [4.69, 9.17) is 5.26 Å². The van der Waals surface area contributed by atoms with E-state index < -0.39 is 17.7 Å². The van der Waals surface area contributed by atoms with Crippen LogP contribution in [0.15, 0.2) is 78.0 Å². The third-order valence-corrected chi connectivity index (χ3v) is 9.59. The lowest BCUT2D eigenvalue weighted by molar-refractivity contribution is -0.127. The van der Waals surface area contributed by atoms with Gasteiger partial charge >= 0.3 is 0 Å². The van der Waals surface area contributed by atoms with E-state index in [1.165, 1.54) is 45.6 Å².